The van der Waals surface area contributed by atoms with Crippen LogP contribution in [-0.4, -0.2) is 9.78 Å². The smallest absolute Gasteiger partial charge is 0.263 e. The Kier molecular flexibility index (Phi) is 5.70. The van der Waals surface area contributed by atoms with Gasteiger partial charge in [0.25, 0.3) is 0 Å². The van der Waals surface area contributed by atoms with Crippen molar-refractivity contribution in [1.29, 1.82) is 0 Å². The van der Waals surface area contributed by atoms with Crippen LogP contribution in [0.3, 0.4) is 0 Å². The fourth-order valence-corrected chi connectivity index (χ4v) is 2.39. The Morgan fingerprint density at radius 2 is 1.64 bits per heavy atom. The van der Waals surface area contributed by atoms with E-state index in [4.69, 9.17) is 0 Å². The van der Waals surface area contributed by atoms with Gasteiger partial charge in [-0.15, -0.1) is 0 Å². The molecule has 22 heavy (non-hydrogen) atoms. The van der Waals surface area contributed by atoms with E-state index in [1.54, 1.807) is 19.1 Å². The van der Waals surface area contributed by atoms with Crippen LogP contribution in [0.5, 0.6) is 0 Å². The minimum atomic E-state index is -4.92. The van der Waals surface area contributed by atoms with Crippen LogP contribution in [-0.2, 0) is 19.4 Å². The maximum Gasteiger partial charge on any atom is 0.435 e. The molecule has 0 N–H and O–H groups in total. The average Bonchev–Trinajstić information content (AvgIpc) is 2.72. The minimum Gasteiger partial charge on any atom is -0.263 e. The number of hydrogen-bond donors (Lipinski definition) is 0. The number of rotatable bonds is 5. The van der Waals surface area contributed by atoms with Gasteiger partial charge in [0.2, 0.25) is 0 Å². The van der Waals surface area contributed by atoms with Gasteiger partial charge in [0.05, 0.1) is 0 Å². The summed E-state index contributed by atoms with van der Waals surface area (Å²) in [4.78, 5) is 0. The molecule has 0 aliphatic heterocycles. The molecule has 126 valence electrons. The van der Waals surface area contributed by atoms with Crippen LogP contribution in [0.4, 0.5) is 26.3 Å². The molecule has 0 aliphatic carbocycles. The third kappa shape index (κ3) is 4.04. The van der Waals surface area contributed by atoms with E-state index in [0.717, 1.165) is 7.05 Å². The Bertz CT molecular complexity index is 525. The zero-order valence-electron chi connectivity index (χ0n) is 12.5. The topological polar surface area (TPSA) is 17.8 Å². The highest BCUT2D eigenvalue weighted by Crippen LogP contribution is 2.44. The van der Waals surface area contributed by atoms with Gasteiger partial charge in [-0.2, -0.15) is 31.4 Å². The number of allylic oxidation sites excluding steroid dienone is 2. The maximum atomic E-state index is 13.1. The number of nitrogens with zero attached hydrogens (tertiary/aromatic N) is 2. The van der Waals surface area contributed by atoms with Crippen molar-refractivity contribution in [1.82, 2.24) is 9.78 Å². The van der Waals surface area contributed by atoms with Crippen molar-refractivity contribution >= 4 is 0 Å². The highest BCUT2D eigenvalue weighted by molar-refractivity contribution is 5.34. The summed E-state index contributed by atoms with van der Waals surface area (Å²) in [5.74, 6) is -0.884. The first kappa shape index (κ1) is 18.6. The molecule has 0 radical (unpaired) electrons. The molecule has 0 fully saturated rings. The van der Waals surface area contributed by atoms with Crippen molar-refractivity contribution in [2.24, 2.45) is 7.05 Å². The second kappa shape index (κ2) is 6.75. The zero-order chi connectivity index (χ0) is 17.1. The van der Waals surface area contributed by atoms with Crippen molar-refractivity contribution in [2.45, 2.75) is 51.4 Å². The highest BCUT2D eigenvalue weighted by Gasteiger charge is 2.47. The molecule has 1 rings (SSSR count). The summed E-state index contributed by atoms with van der Waals surface area (Å²) in [6, 6.07) is 0. The molecule has 8 heteroatoms. The Morgan fingerprint density at radius 1 is 1.05 bits per heavy atom. The predicted octanol–water partition coefficient (Wildman–Crippen LogP) is 5.31. The molecular formula is C14H18F6N2. The number of aromatic nitrogens is 2. The van der Waals surface area contributed by atoms with Crippen molar-refractivity contribution in [3.63, 3.8) is 0 Å². The van der Waals surface area contributed by atoms with E-state index in [2.05, 4.69) is 5.10 Å². The number of alkyl halides is 6. The lowest BCUT2D eigenvalue weighted by Crippen LogP contribution is -2.17. The molecular weight excluding hydrogens is 310 g/mol. The largest absolute Gasteiger partial charge is 0.435 e. The summed E-state index contributed by atoms with van der Waals surface area (Å²) in [6.45, 7) is 3.40. The number of halogens is 6. The van der Waals surface area contributed by atoms with Gasteiger partial charge in [-0.3, -0.25) is 4.68 Å². The van der Waals surface area contributed by atoms with E-state index in [1.165, 1.54) is 0 Å². The fourth-order valence-electron chi connectivity index (χ4n) is 2.39. The lowest BCUT2D eigenvalue weighted by Gasteiger charge is -2.18. The number of hydrogen-bond acceptors (Lipinski definition) is 1. The molecule has 1 unspecified atom stereocenters. The summed E-state index contributed by atoms with van der Waals surface area (Å²) in [6.07, 6.45) is -5.53. The van der Waals surface area contributed by atoms with Crippen molar-refractivity contribution in [2.75, 3.05) is 0 Å². The lowest BCUT2D eigenvalue weighted by molar-refractivity contribution is -0.145. The third-order valence-electron chi connectivity index (χ3n) is 3.34. The Labute approximate surface area is 124 Å². The Morgan fingerprint density at radius 3 is 2.05 bits per heavy atom. The first-order chi connectivity index (χ1) is 10.0. The van der Waals surface area contributed by atoms with Gasteiger partial charge >= 0.3 is 12.4 Å². The molecule has 0 bridgehead atoms. The summed E-state index contributed by atoms with van der Waals surface area (Å²) < 4.78 is 78.9. The molecule has 0 amide bonds. The normalized spacial score (nSPS) is 14.8. The van der Waals surface area contributed by atoms with Crippen LogP contribution >= 0.6 is 0 Å². The third-order valence-corrected chi connectivity index (χ3v) is 3.34. The quantitative estimate of drug-likeness (QED) is 0.529. The average molecular weight is 328 g/mol. The van der Waals surface area contributed by atoms with Gasteiger partial charge in [0, 0.05) is 12.6 Å². The van der Waals surface area contributed by atoms with Crippen molar-refractivity contribution in [3.05, 3.63) is 29.1 Å². The van der Waals surface area contributed by atoms with Crippen LogP contribution < -0.4 is 0 Å². The van der Waals surface area contributed by atoms with E-state index in [0.29, 0.717) is 6.42 Å². The standard InChI is InChI=1S/C14H18F6N2/c1-4-6-7-8-9(5-2)10-11(13(15,16)17)21-22(3)12(10)14(18,19)20/h6-7,9H,4-5,8H2,1-3H3/b7-6-. The number of aryl methyl sites for hydroxylation is 1. The molecule has 1 aromatic rings. The van der Waals surface area contributed by atoms with E-state index in [-0.39, 0.29) is 17.5 Å². The van der Waals surface area contributed by atoms with Gasteiger partial charge in [-0.1, -0.05) is 26.0 Å². The SMILES string of the molecule is CC/C=C\CC(CC)c1c(C(F)(F)F)nn(C)c1C(F)(F)F. The van der Waals surface area contributed by atoms with Crippen molar-refractivity contribution < 1.29 is 26.3 Å². The summed E-state index contributed by atoms with van der Waals surface area (Å²) >= 11 is 0. The summed E-state index contributed by atoms with van der Waals surface area (Å²) in [7, 11) is 0.885. The van der Waals surface area contributed by atoms with Gasteiger partial charge in [0.1, 0.15) is 5.69 Å². The van der Waals surface area contributed by atoms with Crippen LogP contribution in [0, 0.1) is 0 Å². The molecule has 0 saturated carbocycles. The lowest BCUT2D eigenvalue weighted by atomic mass is 9.90. The van der Waals surface area contributed by atoms with E-state index in [1.807, 2.05) is 6.92 Å². The van der Waals surface area contributed by atoms with E-state index >= 15 is 0 Å². The molecule has 0 aromatic carbocycles. The molecule has 1 heterocycles. The maximum absolute atomic E-state index is 13.1. The van der Waals surface area contributed by atoms with Crippen LogP contribution in [0.15, 0.2) is 12.2 Å². The first-order valence-corrected chi connectivity index (χ1v) is 6.90. The minimum absolute atomic E-state index is 0.113. The van der Waals surface area contributed by atoms with Gasteiger partial charge in [-0.25, -0.2) is 0 Å². The molecule has 0 saturated heterocycles. The molecule has 2 nitrogen and oxygen atoms in total. The highest BCUT2D eigenvalue weighted by atomic mass is 19.4. The Balaban J connectivity index is 3.49. The molecule has 0 spiro atoms. The summed E-state index contributed by atoms with van der Waals surface area (Å²) in [5.41, 5.74) is -3.53. The molecule has 0 aliphatic rings. The van der Waals surface area contributed by atoms with Crippen LogP contribution in [0.2, 0.25) is 0 Å². The van der Waals surface area contributed by atoms with Gasteiger partial charge in [-0.05, 0) is 25.2 Å². The fraction of sp³-hybridized carbons (Fsp3) is 0.643. The van der Waals surface area contributed by atoms with Crippen LogP contribution in [0.25, 0.3) is 0 Å². The monoisotopic (exact) mass is 328 g/mol. The van der Waals surface area contributed by atoms with Crippen LogP contribution in [0.1, 0.15) is 56.0 Å². The first-order valence-electron chi connectivity index (χ1n) is 6.90. The summed E-state index contributed by atoms with van der Waals surface area (Å²) in [5, 5.41) is 3.09. The van der Waals surface area contributed by atoms with Gasteiger partial charge < -0.3 is 0 Å². The molecule has 1 aromatic heterocycles. The Hall–Kier alpha value is -1.47. The van der Waals surface area contributed by atoms with Gasteiger partial charge in [0.15, 0.2) is 5.69 Å². The zero-order valence-corrected chi connectivity index (χ0v) is 12.5. The second-order valence-electron chi connectivity index (χ2n) is 4.95. The van der Waals surface area contributed by atoms with E-state index < -0.39 is 35.2 Å². The van der Waals surface area contributed by atoms with Crippen molar-refractivity contribution in [3.8, 4) is 0 Å². The predicted molar refractivity (Wildman–Crippen MR) is 70.3 cm³/mol. The second-order valence-corrected chi connectivity index (χ2v) is 4.95. The molecule has 1 atom stereocenters. The van der Waals surface area contributed by atoms with E-state index in [9.17, 15) is 26.3 Å².